The van der Waals surface area contributed by atoms with Crippen LogP contribution in [0.5, 0.6) is 5.75 Å². The van der Waals surface area contributed by atoms with E-state index in [4.69, 9.17) is 20.9 Å². The molecule has 0 saturated heterocycles. The van der Waals surface area contributed by atoms with E-state index in [1.807, 2.05) is 0 Å². The van der Waals surface area contributed by atoms with Crippen molar-refractivity contribution < 1.29 is 14.3 Å². The zero-order chi connectivity index (χ0) is 15.1. The molecule has 108 valence electrons. The summed E-state index contributed by atoms with van der Waals surface area (Å²) in [7, 11) is 1.55. The topological polar surface area (TPSA) is 87.6 Å². The molecule has 0 amide bonds. The second kappa shape index (κ2) is 7.23. The van der Waals surface area contributed by atoms with Crippen molar-refractivity contribution in [2.24, 2.45) is 11.5 Å². The van der Waals surface area contributed by atoms with E-state index in [1.165, 1.54) is 6.20 Å². The number of hydrogen-bond acceptors (Lipinski definition) is 5. The molecule has 0 spiro atoms. The maximum absolute atomic E-state index is 11.9. The van der Waals surface area contributed by atoms with Gasteiger partial charge in [-0.2, -0.15) is 0 Å². The Labute approximate surface area is 118 Å². The second-order valence-electron chi connectivity index (χ2n) is 4.04. The van der Waals surface area contributed by atoms with Gasteiger partial charge in [-0.05, 0) is 49.9 Å². The van der Waals surface area contributed by atoms with Gasteiger partial charge in [-0.25, -0.2) is 4.79 Å². The van der Waals surface area contributed by atoms with Crippen molar-refractivity contribution in [1.29, 1.82) is 0 Å². The third-order valence-corrected chi connectivity index (χ3v) is 2.82. The molecule has 0 fully saturated rings. The Balaban J connectivity index is 3.39. The normalized spacial score (nSPS) is 11.7. The van der Waals surface area contributed by atoms with Gasteiger partial charge in [-0.1, -0.05) is 0 Å². The summed E-state index contributed by atoms with van der Waals surface area (Å²) in [5, 5.41) is 0. The number of methoxy groups -OCH3 is 1. The molecule has 1 aromatic rings. The van der Waals surface area contributed by atoms with Crippen molar-refractivity contribution in [3.8, 4) is 5.75 Å². The number of rotatable bonds is 5. The molecule has 5 heteroatoms. The van der Waals surface area contributed by atoms with Crippen molar-refractivity contribution in [2.45, 2.75) is 13.8 Å². The van der Waals surface area contributed by atoms with E-state index in [0.29, 0.717) is 34.7 Å². The molecule has 5 nitrogen and oxygen atoms in total. The lowest BCUT2D eigenvalue weighted by atomic mass is 9.98. The molecule has 0 saturated carbocycles. The monoisotopic (exact) mass is 276 g/mol. The third kappa shape index (κ3) is 3.32. The summed E-state index contributed by atoms with van der Waals surface area (Å²) in [6, 6.07) is 3.36. The number of nitrogens with two attached hydrogens (primary N) is 2. The maximum atomic E-state index is 11.9. The second-order valence-corrected chi connectivity index (χ2v) is 4.04. The van der Waals surface area contributed by atoms with Crippen LogP contribution in [0.15, 0.2) is 30.5 Å². The van der Waals surface area contributed by atoms with Crippen molar-refractivity contribution in [3.05, 3.63) is 47.2 Å². The van der Waals surface area contributed by atoms with E-state index in [-0.39, 0.29) is 5.97 Å². The van der Waals surface area contributed by atoms with E-state index in [2.05, 4.69) is 0 Å². The Bertz CT molecular complexity index is 548. The molecular formula is C15H20N2O3. The van der Waals surface area contributed by atoms with Gasteiger partial charge in [-0.3, -0.25) is 0 Å². The number of carbonyl (C=O) groups is 1. The molecule has 20 heavy (non-hydrogen) atoms. The molecule has 0 atom stereocenters. The molecule has 1 aromatic carbocycles. The van der Waals surface area contributed by atoms with Crippen LogP contribution in [0.4, 0.5) is 0 Å². The maximum Gasteiger partial charge on any atom is 0.338 e. The first-order valence-electron chi connectivity index (χ1n) is 6.25. The molecule has 0 aliphatic rings. The summed E-state index contributed by atoms with van der Waals surface area (Å²) in [6.07, 6.45) is 4.65. The van der Waals surface area contributed by atoms with E-state index >= 15 is 0 Å². The number of esters is 1. The Morgan fingerprint density at radius 3 is 2.65 bits per heavy atom. The molecule has 1 rings (SSSR count). The van der Waals surface area contributed by atoms with Crippen molar-refractivity contribution >= 4 is 11.7 Å². The van der Waals surface area contributed by atoms with Gasteiger partial charge in [0.05, 0.1) is 19.3 Å². The van der Waals surface area contributed by atoms with Crippen LogP contribution in [0.25, 0.3) is 5.70 Å². The highest BCUT2D eigenvalue weighted by molar-refractivity contribution is 5.93. The van der Waals surface area contributed by atoms with Gasteiger partial charge in [0.2, 0.25) is 0 Å². The van der Waals surface area contributed by atoms with Gasteiger partial charge >= 0.3 is 5.97 Å². The first kappa shape index (κ1) is 15.6. The Kier molecular flexibility index (Phi) is 5.65. The van der Waals surface area contributed by atoms with Gasteiger partial charge < -0.3 is 20.9 Å². The van der Waals surface area contributed by atoms with Crippen LogP contribution < -0.4 is 16.2 Å². The summed E-state index contributed by atoms with van der Waals surface area (Å²) in [4.78, 5) is 11.9. The van der Waals surface area contributed by atoms with Gasteiger partial charge in [-0.15, -0.1) is 0 Å². The molecule has 0 aliphatic carbocycles. The molecule has 0 unspecified atom stereocenters. The van der Waals surface area contributed by atoms with E-state index in [1.54, 1.807) is 45.2 Å². The number of carbonyl (C=O) groups excluding carboxylic acids is 1. The minimum atomic E-state index is -0.379. The lowest BCUT2D eigenvalue weighted by Crippen LogP contribution is -2.10. The molecule has 0 heterocycles. The first-order chi connectivity index (χ1) is 9.56. The summed E-state index contributed by atoms with van der Waals surface area (Å²) in [5.41, 5.74) is 13.6. The SMILES string of the molecule is CCOC(=O)c1ccc(OC)c(/C(N)=C/C=C\N)c1C. The van der Waals surface area contributed by atoms with Crippen LogP contribution in [0.2, 0.25) is 0 Å². The van der Waals surface area contributed by atoms with Gasteiger partial charge in [0.15, 0.2) is 0 Å². The van der Waals surface area contributed by atoms with Crippen molar-refractivity contribution in [2.75, 3.05) is 13.7 Å². The Morgan fingerprint density at radius 2 is 2.10 bits per heavy atom. The van der Waals surface area contributed by atoms with Gasteiger partial charge in [0, 0.05) is 11.3 Å². The molecule has 0 aromatic heterocycles. The standard InChI is InChI=1S/C15H20N2O3/c1-4-20-15(18)11-7-8-13(19-3)14(10(11)2)12(17)6-5-9-16/h5-9H,4,16-17H2,1-3H3/b9-5-,12-6-. The minimum absolute atomic E-state index is 0.320. The average molecular weight is 276 g/mol. The highest BCUT2D eigenvalue weighted by Gasteiger charge is 2.17. The summed E-state index contributed by atoms with van der Waals surface area (Å²) in [5.74, 6) is 0.214. The van der Waals surface area contributed by atoms with E-state index in [0.717, 1.165) is 0 Å². The highest BCUT2D eigenvalue weighted by Crippen LogP contribution is 2.29. The molecular weight excluding hydrogens is 256 g/mol. The Morgan fingerprint density at radius 1 is 1.40 bits per heavy atom. The average Bonchev–Trinajstić information content (AvgIpc) is 2.44. The van der Waals surface area contributed by atoms with Crippen LogP contribution in [-0.4, -0.2) is 19.7 Å². The summed E-state index contributed by atoms with van der Waals surface area (Å²) >= 11 is 0. The smallest absolute Gasteiger partial charge is 0.338 e. The zero-order valence-corrected chi connectivity index (χ0v) is 12.0. The quantitative estimate of drug-likeness (QED) is 0.634. The first-order valence-corrected chi connectivity index (χ1v) is 6.25. The lowest BCUT2D eigenvalue weighted by molar-refractivity contribution is 0.0525. The fourth-order valence-corrected chi connectivity index (χ4v) is 1.89. The molecule has 0 aliphatic heterocycles. The van der Waals surface area contributed by atoms with Crippen LogP contribution in [0, 0.1) is 6.92 Å². The zero-order valence-electron chi connectivity index (χ0n) is 12.0. The number of hydrogen-bond donors (Lipinski definition) is 2. The summed E-state index contributed by atoms with van der Waals surface area (Å²) < 4.78 is 10.3. The summed E-state index contributed by atoms with van der Waals surface area (Å²) in [6.45, 7) is 3.88. The highest BCUT2D eigenvalue weighted by atomic mass is 16.5. The van der Waals surface area contributed by atoms with E-state index in [9.17, 15) is 4.79 Å². The van der Waals surface area contributed by atoms with Crippen molar-refractivity contribution in [3.63, 3.8) is 0 Å². The number of allylic oxidation sites excluding steroid dienone is 2. The van der Waals surface area contributed by atoms with Crippen molar-refractivity contribution in [1.82, 2.24) is 0 Å². The van der Waals surface area contributed by atoms with E-state index < -0.39 is 0 Å². The van der Waals surface area contributed by atoms with Gasteiger partial charge in [0.25, 0.3) is 0 Å². The molecule has 0 bridgehead atoms. The van der Waals surface area contributed by atoms with Crippen LogP contribution in [0.1, 0.15) is 28.4 Å². The predicted octanol–water partition coefficient (Wildman–Crippen LogP) is 1.95. The van der Waals surface area contributed by atoms with Crippen LogP contribution in [-0.2, 0) is 4.74 Å². The van der Waals surface area contributed by atoms with Crippen LogP contribution in [0.3, 0.4) is 0 Å². The van der Waals surface area contributed by atoms with Crippen LogP contribution >= 0.6 is 0 Å². The minimum Gasteiger partial charge on any atom is -0.496 e. The Hall–Kier alpha value is -2.43. The third-order valence-electron chi connectivity index (χ3n) is 2.82. The lowest BCUT2D eigenvalue weighted by Gasteiger charge is -2.15. The number of benzene rings is 1. The van der Waals surface area contributed by atoms with Gasteiger partial charge in [0.1, 0.15) is 5.75 Å². The molecule has 0 radical (unpaired) electrons. The molecule has 4 N–H and O–H groups in total. The fraction of sp³-hybridized carbons (Fsp3) is 0.267. The predicted molar refractivity (Wildman–Crippen MR) is 79.2 cm³/mol. The fourth-order valence-electron chi connectivity index (χ4n) is 1.89. The largest absolute Gasteiger partial charge is 0.496 e. The number of ether oxygens (including phenoxy) is 2.